The Morgan fingerprint density at radius 2 is 1.74 bits per heavy atom. The fourth-order valence-electron chi connectivity index (χ4n) is 2.01. The Morgan fingerprint density at radius 1 is 1.00 bits per heavy atom. The second-order valence-corrected chi connectivity index (χ2v) is 7.31. The van der Waals surface area contributed by atoms with Crippen LogP contribution in [0.5, 0.6) is 5.75 Å². The van der Waals surface area contributed by atoms with Crippen molar-refractivity contribution in [1.82, 2.24) is 0 Å². The smallest absolute Gasteiger partial charge is 0.501 e. The molecule has 0 bridgehead atoms. The number of unbranched alkanes of at least 4 members (excludes halogenated alkanes) is 3. The lowest BCUT2D eigenvalue weighted by Gasteiger charge is -2.28. The van der Waals surface area contributed by atoms with Gasteiger partial charge in [0.05, 0.1) is 0 Å². The van der Waals surface area contributed by atoms with E-state index in [2.05, 4.69) is 6.92 Å². The van der Waals surface area contributed by atoms with Crippen molar-refractivity contribution >= 4 is 8.80 Å². The van der Waals surface area contributed by atoms with Crippen LogP contribution in [0.25, 0.3) is 0 Å². The van der Waals surface area contributed by atoms with Crippen molar-refractivity contribution in [2.24, 2.45) is 0 Å². The van der Waals surface area contributed by atoms with Crippen LogP contribution in [0.15, 0.2) is 30.3 Å². The van der Waals surface area contributed by atoms with Crippen molar-refractivity contribution in [3.63, 3.8) is 0 Å². The van der Waals surface area contributed by atoms with Crippen molar-refractivity contribution in [3.8, 4) is 5.75 Å². The molecule has 0 aliphatic rings. The van der Waals surface area contributed by atoms with Gasteiger partial charge in [-0.15, -0.1) is 0 Å². The molecule has 0 fully saturated rings. The molecule has 1 aromatic carbocycles. The maximum Gasteiger partial charge on any atom is 0.565 e. The minimum atomic E-state index is -2.56. The molecule has 0 aliphatic carbocycles. The molecule has 1 aromatic rings. The molecule has 0 radical (unpaired) electrons. The molecule has 0 aliphatic heterocycles. The van der Waals surface area contributed by atoms with E-state index in [0.717, 1.165) is 18.2 Å². The van der Waals surface area contributed by atoms with Crippen LogP contribution in [-0.4, -0.2) is 22.5 Å². The number of benzene rings is 1. The quantitative estimate of drug-likeness (QED) is 0.474. The number of rotatable bonds is 10. The van der Waals surface area contributed by atoms with Gasteiger partial charge in [-0.25, -0.2) is 0 Å². The van der Waals surface area contributed by atoms with Gasteiger partial charge >= 0.3 is 8.80 Å². The summed E-state index contributed by atoms with van der Waals surface area (Å²) >= 11 is 0. The summed E-state index contributed by atoms with van der Waals surface area (Å²) < 4.78 is 17.6. The van der Waals surface area contributed by atoms with E-state index >= 15 is 0 Å². The van der Waals surface area contributed by atoms with Crippen LogP contribution in [0.1, 0.15) is 39.5 Å². The van der Waals surface area contributed by atoms with Gasteiger partial charge in [-0.3, -0.25) is 0 Å². The maximum absolute atomic E-state index is 6.07. The molecule has 1 atom stereocenters. The summed E-state index contributed by atoms with van der Waals surface area (Å²) in [6.45, 7) is 4.83. The van der Waals surface area contributed by atoms with Crippen molar-refractivity contribution in [3.05, 3.63) is 30.3 Å². The lowest BCUT2D eigenvalue weighted by molar-refractivity contribution is 0.136. The van der Waals surface area contributed by atoms with Crippen molar-refractivity contribution in [2.45, 2.75) is 45.6 Å². The van der Waals surface area contributed by atoms with E-state index in [0.29, 0.717) is 6.61 Å². The van der Waals surface area contributed by atoms with Crippen LogP contribution >= 0.6 is 0 Å². The molecule has 0 saturated heterocycles. The highest BCUT2D eigenvalue weighted by molar-refractivity contribution is 6.61. The Hall–Kier alpha value is -0.843. The number of para-hydroxylation sites is 1. The highest BCUT2D eigenvalue weighted by atomic mass is 28.4. The molecule has 19 heavy (non-hydrogen) atoms. The Balaban J connectivity index is 2.63. The standard InChI is InChI=1S/C15H26O3Si/c1-4-6-7-11-14-19(16-3,17-5-2)18-15-12-9-8-10-13-15/h8-10,12-13H,4-7,11,14H2,1-3H3. The van der Waals surface area contributed by atoms with Crippen LogP contribution in [-0.2, 0) is 8.85 Å². The monoisotopic (exact) mass is 282 g/mol. The molecule has 3 nitrogen and oxygen atoms in total. The van der Waals surface area contributed by atoms with E-state index < -0.39 is 8.80 Å². The summed E-state index contributed by atoms with van der Waals surface area (Å²) in [7, 11) is -0.861. The molecule has 0 saturated carbocycles. The minimum absolute atomic E-state index is 0.626. The summed E-state index contributed by atoms with van der Waals surface area (Å²) in [5.74, 6) is 0.833. The Morgan fingerprint density at radius 3 is 2.32 bits per heavy atom. The first-order valence-electron chi connectivity index (χ1n) is 7.19. The van der Waals surface area contributed by atoms with Gasteiger partial charge in [0.1, 0.15) is 5.75 Å². The molecule has 108 valence electrons. The number of hydrogen-bond donors (Lipinski definition) is 0. The molecule has 4 heteroatoms. The number of hydrogen-bond acceptors (Lipinski definition) is 3. The molecule has 0 aromatic heterocycles. The van der Waals surface area contributed by atoms with E-state index in [1.54, 1.807) is 7.11 Å². The largest absolute Gasteiger partial charge is 0.565 e. The molecule has 0 heterocycles. The van der Waals surface area contributed by atoms with Crippen molar-refractivity contribution in [2.75, 3.05) is 13.7 Å². The highest BCUT2D eigenvalue weighted by Crippen LogP contribution is 2.23. The zero-order valence-corrected chi connectivity index (χ0v) is 13.4. The molecule has 1 rings (SSSR count). The predicted molar refractivity (Wildman–Crippen MR) is 80.4 cm³/mol. The first-order chi connectivity index (χ1) is 9.26. The summed E-state index contributed by atoms with van der Waals surface area (Å²) in [6, 6.07) is 10.7. The van der Waals surface area contributed by atoms with Crippen LogP contribution in [0.2, 0.25) is 6.04 Å². The van der Waals surface area contributed by atoms with Crippen LogP contribution in [0.3, 0.4) is 0 Å². The van der Waals surface area contributed by atoms with Gasteiger partial charge in [0.15, 0.2) is 0 Å². The van der Waals surface area contributed by atoms with Crippen LogP contribution in [0, 0.1) is 0 Å². The zero-order chi connectivity index (χ0) is 14.0. The molecule has 0 spiro atoms. The van der Waals surface area contributed by atoms with Crippen LogP contribution in [0.4, 0.5) is 0 Å². The van der Waals surface area contributed by atoms with E-state index in [1.165, 1.54) is 19.3 Å². The summed E-state index contributed by atoms with van der Waals surface area (Å²) in [6.07, 6.45) is 4.79. The fourth-order valence-corrected chi connectivity index (χ4v) is 4.34. The second-order valence-electron chi connectivity index (χ2n) is 4.55. The molecular formula is C15H26O3Si. The van der Waals surface area contributed by atoms with Crippen LogP contribution < -0.4 is 4.43 Å². The summed E-state index contributed by atoms with van der Waals surface area (Å²) in [5.41, 5.74) is 0. The summed E-state index contributed by atoms with van der Waals surface area (Å²) in [4.78, 5) is 0. The highest BCUT2D eigenvalue weighted by Gasteiger charge is 2.41. The Labute approximate surface area is 118 Å². The van der Waals surface area contributed by atoms with Gasteiger partial charge in [-0.1, -0.05) is 44.4 Å². The predicted octanol–water partition coefficient (Wildman–Crippen LogP) is 4.27. The third kappa shape index (κ3) is 5.76. The lowest BCUT2D eigenvalue weighted by atomic mass is 10.2. The van der Waals surface area contributed by atoms with E-state index in [-0.39, 0.29) is 0 Å². The third-order valence-electron chi connectivity index (χ3n) is 3.03. The zero-order valence-electron chi connectivity index (χ0n) is 12.4. The lowest BCUT2D eigenvalue weighted by Crippen LogP contribution is -2.48. The topological polar surface area (TPSA) is 27.7 Å². The van der Waals surface area contributed by atoms with Crippen molar-refractivity contribution in [1.29, 1.82) is 0 Å². The van der Waals surface area contributed by atoms with E-state index in [4.69, 9.17) is 13.3 Å². The average Bonchev–Trinajstić information content (AvgIpc) is 2.45. The minimum Gasteiger partial charge on any atom is -0.501 e. The average molecular weight is 282 g/mol. The molecule has 1 unspecified atom stereocenters. The van der Waals surface area contributed by atoms with Crippen molar-refractivity contribution < 1.29 is 13.3 Å². The second kappa shape index (κ2) is 9.12. The summed E-state index contributed by atoms with van der Waals surface area (Å²) in [5, 5.41) is 0. The normalized spacial score (nSPS) is 14.1. The van der Waals surface area contributed by atoms with Gasteiger partial charge in [0.25, 0.3) is 0 Å². The fraction of sp³-hybridized carbons (Fsp3) is 0.600. The van der Waals surface area contributed by atoms with Gasteiger partial charge in [-0.2, -0.15) is 0 Å². The van der Waals surface area contributed by atoms with E-state index in [1.807, 2.05) is 37.3 Å². The third-order valence-corrected chi connectivity index (χ3v) is 5.89. The Kier molecular flexibility index (Phi) is 7.78. The molecule has 0 amide bonds. The van der Waals surface area contributed by atoms with Gasteiger partial charge < -0.3 is 13.3 Å². The SMILES string of the molecule is CCCCCC[Si](OC)(OCC)Oc1ccccc1. The Bertz CT molecular complexity index is 331. The molecule has 0 N–H and O–H groups in total. The first-order valence-corrected chi connectivity index (χ1v) is 9.12. The molecular weight excluding hydrogens is 256 g/mol. The van der Waals surface area contributed by atoms with Gasteiger partial charge in [0, 0.05) is 19.8 Å². The maximum atomic E-state index is 6.07. The van der Waals surface area contributed by atoms with Gasteiger partial charge in [0.2, 0.25) is 0 Å². The first kappa shape index (κ1) is 16.2. The van der Waals surface area contributed by atoms with E-state index in [9.17, 15) is 0 Å². The van der Waals surface area contributed by atoms with Gasteiger partial charge in [-0.05, 0) is 25.5 Å².